The Kier molecular flexibility index (Phi) is 73.9. The minimum absolute atomic E-state index is 0.0136. The van der Waals surface area contributed by atoms with E-state index < -0.39 is 12.1 Å². The van der Waals surface area contributed by atoms with Crippen LogP contribution in [0.25, 0.3) is 0 Å². The predicted octanol–water partition coefficient (Wildman–Crippen LogP) is 25.8. The lowest BCUT2D eigenvalue weighted by Gasteiger charge is -2.20. The highest BCUT2D eigenvalue weighted by atomic mass is 16.5. The molecule has 1 amide bonds. The molecule has 0 aliphatic rings. The summed E-state index contributed by atoms with van der Waals surface area (Å²) in [6.07, 6.45) is 98.3. The van der Waals surface area contributed by atoms with E-state index in [1.807, 2.05) is 6.08 Å². The molecule has 0 spiro atoms. The number of esters is 1. The highest BCUT2D eigenvalue weighted by molar-refractivity contribution is 5.76. The number of carbonyl (C=O) groups excluding carboxylic acids is 2. The molecule has 0 aromatic heterocycles. The Hall–Kier alpha value is -1.92. The van der Waals surface area contributed by atoms with Gasteiger partial charge >= 0.3 is 5.97 Å². The summed E-state index contributed by atoms with van der Waals surface area (Å²) in [7, 11) is 0. The highest BCUT2D eigenvalue weighted by Crippen LogP contribution is 2.19. The fraction of sp³-hybridized carbons (Fsp3) is 0.900. The molecule has 86 heavy (non-hydrogen) atoms. The standard InChI is InChI=1S/C80H153NO5/c1-3-5-7-9-11-13-15-17-19-21-22-23-31-34-37-41-44-48-52-56-60-64-68-72-78(83)77(76-82)81-79(84)73-69-65-61-57-53-49-45-42-38-35-32-29-27-25-24-26-28-30-33-36-39-43-47-51-55-59-63-67-71-75-86-80(85)74-70-66-62-58-54-50-46-40-20-18-16-14-12-10-8-6-4-2/h18,20,24,26,68,72,77-78,82-83H,3-17,19,21-23,25,27-67,69-71,73-76H2,1-2H3,(H,81,84)/b20-18-,26-24-,72-68+. The second kappa shape index (κ2) is 75.5. The Bertz CT molecular complexity index is 1390. The van der Waals surface area contributed by atoms with Crippen LogP contribution in [0.2, 0.25) is 0 Å². The molecular formula is C80H153NO5. The molecule has 0 radical (unpaired) electrons. The average molecular weight is 1210 g/mol. The molecule has 2 unspecified atom stereocenters. The molecule has 0 rings (SSSR count). The van der Waals surface area contributed by atoms with Gasteiger partial charge in [-0.05, 0) is 83.5 Å². The van der Waals surface area contributed by atoms with Crippen molar-refractivity contribution in [2.75, 3.05) is 13.2 Å². The number of rotatable bonds is 74. The zero-order valence-electron chi connectivity index (χ0n) is 58.3. The summed E-state index contributed by atoms with van der Waals surface area (Å²) < 4.78 is 5.51. The summed E-state index contributed by atoms with van der Waals surface area (Å²) in [5.74, 6) is -0.0489. The summed E-state index contributed by atoms with van der Waals surface area (Å²) in [5, 5.41) is 23.3. The molecule has 2 atom stereocenters. The van der Waals surface area contributed by atoms with Gasteiger partial charge in [0.15, 0.2) is 0 Å². The summed E-state index contributed by atoms with van der Waals surface area (Å²) in [6, 6.07) is -0.629. The van der Waals surface area contributed by atoms with Crippen molar-refractivity contribution < 1.29 is 24.5 Å². The van der Waals surface area contributed by atoms with Crippen LogP contribution in [0.15, 0.2) is 36.5 Å². The molecule has 6 nitrogen and oxygen atoms in total. The number of aliphatic hydroxyl groups excluding tert-OH is 2. The third kappa shape index (κ3) is 71.2. The van der Waals surface area contributed by atoms with E-state index in [1.165, 1.54) is 366 Å². The number of amides is 1. The van der Waals surface area contributed by atoms with E-state index >= 15 is 0 Å². The molecule has 6 heteroatoms. The van der Waals surface area contributed by atoms with Gasteiger partial charge in [0, 0.05) is 12.8 Å². The van der Waals surface area contributed by atoms with Crippen molar-refractivity contribution in [1.29, 1.82) is 0 Å². The quantitative estimate of drug-likeness (QED) is 0.0320. The Morgan fingerprint density at radius 2 is 0.547 bits per heavy atom. The summed E-state index contributed by atoms with van der Waals surface area (Å²) in [6.45, 7) is 4.94. The first-order valence-corrected chi connectivity index (χ1v) is 39.3. The zero-order valence-corrected chi connectivity index (χ0v) is 58.3. The van der Waals surface area contributed by atoms with Crippen LogP contribution in [0.5, 0.6) is 0 Å². The molecule has 0 fully saturated rings. The van der Waals surface area contributed by atoms with Gasteiger partial charge < -0.3 is 20.3 Å². The van der Waals surface area contributed by atoms with Crippen molar-refractivity contribution >= 4 is 11.9 Å². The molecule has 508 valence electrons. The summed E-state index contributed by atoms with van der Waals surface area (Å²) in [4.78, 5) is 24.7. The van der Waals surface area contributed by atoms with Gasteiger partial charge in [0.2, 0.25) is 5.91 Å². The van der Waals surface area contributed by atoms with Crippen LogP contribution in [-0.2, 0) is 14.3 Å². The first kappa shape index (κ1) is 84.1. The third-order valence-electron chi connectivity index (χ3n) is 18.4. The number of hydrogen-bond acceptors (Lipinski definition) is 5. The van der Waals surface area contributed by atoms with Crippen LogP contribution in [0, 0.1) is 0 Å². The van der Waals surface area contributed by atoms with E-state index in [4.69, 9.17) is 4.74 Å². The minimum Gasteiger partial charge on any atom is -0.466 e. The van der Waals surface area contributed by atoms with E-state index in [-0.39, 0.29) is 18.5 Å². The number of aliphatic hydroxyl groups is 2. The molecule has 0 aliphatic heterocycles. The largest absolute Gasteiger partial charge is 0.466 e. The van der Waals surface area contributed by atoms with Gasteiger partial charge in [0.1, 0.15) is 0 Å². The van der Waals surface area contributed by atoms with Gasteiger partial charge in [-0.25, -0.2) is 0 Å². The molecule has 0 saturated carbocycles. The topological polar surface area (TPSA) is 95.9 Å². The molecule has 0 bridgehead atoms. The Morgan fingerprint density at radius 3 is 0.826 bits per heavy atom. The van der Waals surface area contributed by atoms with Gasteiger partial charge in [-0.2, -0.15) is 0 Å². The van der Waals surface area contributed by atoms with Crippen molar-refractivity contribution in [3.05, 3.63) is 36.5 Å². The van der Waals surface area contributed by atoms with E-state index in [1.54, 1.807) is 6.08 Å². The van der Waals surface area contributed by atoms with Crippen molar-refractivity contribution in [2.45, 2.75) is 450 Å². The number of nitrogens with one attached hydrogen (secondary N) is 1. The Morgan fingerprint density at radius 1 is 0.314 bits per heavy atom. The van der Waals surface area contributed by atoms with Crippen LogP contribution in [0.3, 0.4) is 0 Å². The second-order valence-electron chi connectivity index (χ2n) is 27.0. The molecule has 0 aromatic carbocycles. The molecule has 0 saturated heterocycles. The molecule has 3 N–H and O–H groups in total. The zero-order chi connectivity index (χ0) is 62.0. The van der Waals surface area contributed by atoms with Gasteiger partial charge in [-0.3, -0.25) is 9.59 Å². The lowest BCUT2D eigenvalue weighted by atomic mass is 10.0. The van der Waals surface area contributed by atoms with Crippen LogP contribution >= 0.6 is 0 Å². The SMILES string of the molecule is CCCCCCCC/C=C\CCCCCCCCCC(=O)OCCCCCCCCCCCCCC/C=C\CCCCCCCCCCCCCCCC(=O)NC(CO)C(O)/C=C/CCCCCCCCCCCCCCCCCCCCCCC. The maximum Gasteiger partial charge on any atom is 0.305 e. The average Bonchev–Trinajstić information content (AvgIpc) is 3.54. The highest BCUT2D eigenvalue weighted by Gasteiger charge is 2.18. The molecule has 0 heterocycles. The summed E-state index contributed by atoms with van der Waals surface area (Å²) >= 11 is 0. The van der Waals surface area contributed by atoms with Gasteiger partial charge in [0.25, 0.3) is 0 Å². The smallest absolute Gasteiger partial charge is 0.305 e. The van der Waals surface area contributed by atoms with Gasteiger partial charge in [0.05, 0.1) is 25.4 Å². The number of carbonyl (C=O) groups is 2. The third-order valence-corrected chi connectivity index (χ3v) is 18.4. The van der Waals surface area contributed by atoms with Gasteiger partial charge in [-0.15, -0.1) is 0 Å². The van der Waals surface area contributed by atoms with E-state index in [0.717, 1.165) is 44.9 Å². The first-order chi connectivity index (χ1) is 42.5. The molecule has 0 aliphatic carbocycles. The summed E-state index contributed by atoms with van der Waals surface area (Å²) in [5.41, 5.74) is 0. The van der Waals surface area contributed by atoms with Crippen LogP contribution in [-0.4, -0.2) is 47.4 Å². The van der Waals surface area contributed by atoms with Crippen LogP contribution in [0.1, 0.15) is 438 Å². The molecule has 0 aromatic rings. The van der Waals surface area contributed by atoms with E-state index in [0.29, 0.717) is 19.4 Å². The van der Waals surface area contributed by atoms with Crippen LogP contribution in [0.4, 0.5) is 0 Å². The number of hydrogen-bond donors (Lipinski definition) is 3. The maximum absolute atomic E-state index is 12.5. The Balaban J connectivity index is 3.39. The minimum atomic E-state index is -0.846. The van der Waals surface area contributed by atoms with Crippen molar-refractivity contribution in [3.8, 4) is 0 Å². The lowest BCUT2D eigenvalue weighted by Crippen LogP contribution is -2.45. The van der Waals surface area contributed by atoms with Gasteiger partial charge in [-0.1, -0.05) is 378 Å². The normalized spacial score (nSPS) is 12.7. The van der Waals surface area contributed by atoms with E-state index in [9.17, 15) is 19.8 Å². The first-order valence-electron chi connectivity index (χ1n) is 39.3. The molecular weight excluding hydrogens is 1050 g/mol. The monoisotopic (exact) mass is 1210 g/mol. The lowest BCUT2D eigenvalue weighted by molar-refractivity contribution is -0.143. The Labute approximate surface area is 538 Å². The van der Waals surface area contributed by atoms with Crippen molar-refractivity contribution in [2.24, 2.45) is 0 Å². The van der Waals surface area contributed by atoms with Crippen molar-refractivity contribution in [1.82, 2.24) is 5.32 Å². The second-order valence-corrected chi connectivity index (χ2v) is 27.0. The van der Waals surface area contributed by atoms with E-state index in [2.05, 4.69) is 43.5 Å². The number of ether oxygens (including phenoxy) is 1. The number of allylic oxidation sites excluding steroid dienone is 5. The van der Waals surface area contributed by atoms with Crippen LogP contribution < -0.4 is 5.32 Å². The van der Waals surface area contributed by atoms with Crippen molar-refractivity contribution in [3.63, 3.8) is 0 Å². The predicted molar refractivity (Wildman–Crippen MR) is 379 cm³/mol. The number of unbranched alkanes of at least 4 members (excludes halogenated alkanes) is 59. The maximum atomic E-state index is 12.5. The fourth-order valence-corrected chi connectivity index (χ4v) is 12.4. The fourth-order valence-electron chi connectivity index (χ4n) is 12.4.